The molecule has 0 aromatic heterocycles. The topological polar surface area (TPSA) is 62.3 Å². The van der Waals surface area contributed by atoms with Gasteiger partial charge in [0.25, 0.3) is 5.91 Å². The van der Waals surface area contributed by atoms with Gasteiger partial charge < -0.3 is 19.5 Å². The van der Waals surface area contributed by atoms with E-state index >= 15 is 0 Å². The lowest BCUT2D eigenvalue weighted by Crippen LogP contribution is -2.39. The summed E-state index contributed by atoms with van der Waals surface area (Å²) in [6.45, 7) is 2.23. The molecule has 2 saturated heterocycles. The van der Waals surface area contributed by atoms with Crippen LogP contribution in [-0.2, 0) is 20.8 Å². The third-order valence-electron chi connectivity index (χ3n) is 3.72. The molecule has 5 heteroatoms. The van der Waals surface area contributed by atoms with E-state index in [0.29, 0.717) is 19.7 Å². The van der Waals surface area contributed by atoms with Crippen molar-refractivity contribution in [2.75, 3.05) is 19.8 Å². The number of carbonyl (C=O) groups excluding carboxylic acids is 1. The molecule has 2 atom stereocenters. The molecule has 5 nitrogen and oxygen atoms in total. The van der Waals surface area contributed by atoms with Gasteiger partial charge in [-0.1, -0.05) is 18.2 Å². The first-order valence-corrected chi connectivity index (χ1v) is 7.03. The van der Waals surface area contributed by atoms with Gasteiger partial charge in [0.2, 0.25) is 0 Å². The Balaban J connectivity index is 1.70. The molecule has 0 spiro atoms. The molecule has 3 rings (SSSR count). The minimum absolute atomic E-state index is 0.0104. The Morgan fingerprint density at radius 2 is 2.15 bits per heavy atom. The van der Waals surface area contributed by atoms with Crippen LogP contribution in [0.25, 0.3) is 0 Å². The van der Waals surface area contributed by atoms with Crippen LogP contribution in [0.15, 0.2) is 24.3 Å². The third-order valence-corrected chi connectivity index (χ3v) is 3.72. The molecule has 20 heavy (non-hydrogen) atoms. The minimum Gasteiger partial charge on any atom is -0.508 e. The van der Waals surface area contributed by atoms with Gasteiger partial charge in [-0.3, -0.25) is 4.79 Å². The molecule has 2 heterocycles. The molecule has 0 aliphatic carbocycles. The summed E-state index contributed by atoms with van der Waals surface area (Å²) in [4.78, 5) is 14.0. The average molecular weight is 277 g/mol. The number of aromatic hydroxyl groups is 1. The Hall–Kier alpha value is -1.59. The van der Waals surface area contributed by atoms with Crippen molar-refractivity contribution < 1.29 is 19.4 Å². The van der Waals surface area contributed by atoms with Crippen LogP contribution in [0.2, 0.25) is 0 Å². The first kappa shape index (κ1) is 13.4. The van der Waals surface area contributed by atoms with Crippen molar-refractivity contribution in [1.82, 2.24) is 4.90 Å². The van der Waals surface area contributed by atoms with Crippen LogP contribution in [0.5, 0.6) is 5.75 Å². The van der Waals surface area contributed by atoms with Crippen molar-refractivity contribution in [3.05, 3.63) is 29.8 Å². The van der Waals surface area contributed by atoms with E-state index in [0.717, 1.165) is 25.0 Å². The second-order valence-corrected chi connectivity index (χ2v) is 5.30. The van der Waals surface area contributed by atoms with Gasteiger partial charge in [0, 0.05) is 25.3 Å². The van der Waals surface area contributed by atoms with Gasteiger partial charge >= 0.3 is 0 Å². The fourth-order valence-electron chi connectivity index (χ4n) is 2.51. The van der Waals surface area contributed by atoms with Crippen molar-refractivity contribution in [3.63, 3.8) is 0 Å². The lowest BCUT2D eigenvalue weighted by molar-refractivity contribution is -0.134. The van der Waals surface area contributed by atoms with Gasteiger partial charge in [-0.15, -0.1) is 0 Å². The maximum absolute atomic E-state index is 12.3. The molecule has 2 aliphatic rings. The zero-order valence-electron chi connectivity index (χ0n) is 11.3. The highest BCUT2D eigenvalue weighted by molar-refractivity contribution is 5.83. The molecule has 0 saturated carbocycles. The maximum atomic E-state index is 12.3. The van der Waals surface area contributed by atoms with E-state index in [1.54, 1.807) is 17.0 Å². The fourth-order valence-corrected chi connectivity index (χ4v) is 2.51. The van der Waals surface area contributed by atoms with Crippen LogP contribution in [0.4, 0.5) is 0 Å². The SMILES string of the molecule is O=C(C1CO1)N(Cc1ccccc1O)CC1CCCO1. The number of nitrogens with zero attached hydrogens (tertiary/aromatic N) is 1. The first-order chi connectivity index (χ1) is 9.74. The van der Waals surface area contributed by atoms with E-state index in [4.69, 9.17) is 9.47 Å². The van der Waals surface area contributed by atoms with E-state index in [9.17, 15) is 9.90 Å². The van der Waals surface area contributed by atoms with Crippen molar-refractivity contribution in [1.29, 1.82) is 0 Å². The molecule has 2 unspecified atom stereocenters. The summed E-state index contributed by atoms with van der Waals surface area (Å²) in [5, 5.41) is 9.86. The second-order valence-electron chi connectivity index (χ2n) is 5.30. The summed E-state index contributed by atoms with van der Waals surface area (Å²) in [5.74, 6) is 0.207. The molecular weight excluding hydrogens is 258 g/mol. The van der Waals surface area contributed by atoms with Crippen LogP contribution in [0, 0.1) is 0 Å². The predicted molar refractivity (Wildman–Crippen MR) is 72.2 cm³/mol. The Morgan fingerprint density at radius 3 is 2.80 bits per heavy atom. The number of hydrogen-bond donors (Lipinski definition) is 1. The predicted octanol–water partition coefficient (Wildman–Crippen LogP) is 1.30. The number of hydrogen-bond acceptors (Lipinski definition) is 4. The number of amides is 1. The smallest absolute Gasteiger partial charge is 0.254 e. The lowest BCUT2D eigenvalue weighted by Gasteiger charge is -2.25. The fraction of sp³-hybridized carbons (Fsp3) is 0.533. The highest BCUT2D eigenvalue weighted by Crippen LogP contribution is 2.22. The molecule has 2 aliphatic heterocycles. The van der Waals surface area contributed by atoms with Crippen LogP contribution in [-0.4, -0.2) is 47.9 Å². The zero-order chi connectivity index (χ0) is 13.9. The Bertz CT molecular complexity index is 481. The largest absolute Gasteiger partial charge is 0.508 e. The van der Waals surface area contributed by atoms with Gasteiger partial charge in [0.05, 0.1) is 12.7 Å². The summed E-state index contributed by atoms with van der Waals surface area (Å²) in [5.41, 5.74) is 0.750. The molecule has 1 aromatic rings. The van der Waals surface area contributed by atoms with Gasteiger partial charge in [0.15, 0.2) is 6.10 Å². The molecule has 108 valence electrons. The number of carbonyl (C=O) groups is 1. The molecule has 1 amide bonds. The van der Waals surface area contributed by atoms with Gasteiger partial charge in [-0.05, 0) is 18.9 Å². The number of para-hydroxylation sites is 1. The van der Waals surface area contributed by atoms with Crippen molar-refractivity contribution in [3.8, 4) is 5.75 Å². The Morgan fingerprint density at radius 1 is 1.35 bits per heavy atom. The van der Waals surface area contributed by atoms with Gasteiger partial charge in [-0.25, -0.2) is 0 Å². The van der Waals surface area contributed by atoms with E-state index in [1.165, 1.54) is 0 Å². The average Bonchev–Trinajstić information content (AvgIpc) is 3.18. The number of epoxide rings is 1. The van der Waals surface area contributed by atoms with E-state index in [2.05, 4.69) is 0 Å². The van der Waals surface area contributed by atoms with Crippen molar-refractivity contribution in [2.45, 2.75) is 31.6 Å². The number of phenols is 1. The maximum Gasteiger partial charge on any atom is 0.254 e. The molecule has 0 bridgehead atoms. The van der Waals surface area contributed by atoms with E-state index < -0.39 is 0 Å². The number of ether oxygens (including phenoxy) is 2. The summed E-state index contributed by atoms with van der Waals surface area (Å²) < 4.78 is 10.7. The van der Waals surface area contributed by atoms with Crippen LogP contribution in [0.1, 0.15) is 18.4 Å². The first-order valence-electron chi connectivity index (χ1n) is 7.03. The summed E-state index contributed by atoms with van der Waals surface area (Å²) in [6, 6.07) is 7.10. The summed E-state index contributed by atoms with van der Waals surface area (Å²) in [7, 11) is 0. The molecule has 1 aromatic carbocycles. The standard InChI is InChI=1S/C15H19NO4/c17-13-6-2-1-4-11(13)8-16(15(18)14-10-20-14)9-12-5-3-7-19-12/h1-2,4,6,12,14,17H,3,5,7-10H2. The summed E-state index contributed by atoms with van der Waals surface area (Å²) >= 11 is 0. The van der Waals surface area contributed by atoms with E-state index in [-0.39, 0.29) is 23.9 Å². The monoisotopic (exact) mass is 277 g/mol. The summed E-state index contributed by atoms with van der Waals surface area (Å²) in [6.07, 6.45) is 1.82. The van der Waals surface area contributed by atoms with Crippen LogP contribution < -0.4 is 0 Å². The zero-order valence-corrected chi connectivity index (χ0v) is 11.3. The molecule has 1 N–H and O–H groups in total. The number of phenolic OH excluding ortho intramolecular Hbond substituents is 1. The quantitative estimate of drug-likeness (QED) is 0.824. The van der Waals surface area contributed by atoms with Crippen molar-refractivity contribution in [2.24, 2.45) is 0 Å². The molecular formula is C15H19NO4. The van der Waals surface area contributed by atoms with Gasteiger partial charge in [-0.2, -0.15) is 0 Å². The lowest BCUT2D eigenvalue weighted by atomic mass is 10.1. The van der Waals surface area contributed by atoms with Gasteiger partial charge in [0.1, 0.15) is 5.75 Å². The minimum atomic E-state index is -0.303. The molecule has 0 radical (unpaired) electrons. The van der Waals surface area contributed by atoms with Crippen LogP contribution in [0.3, 0.4) is 0 Å². The molecule has 2 fully saturated rings. The normalized spacial score (nSPS) is 24.6. The Labute approximate surface area is 118 Å². The Kier molecular flexibility index (Phi) is 3.89. The highest BCUT2D eigenvalue weighted by Gasteiger charge is 2.36. The third kappa shape index (κ3) is 3.11. The van der Waals surface area contributed by atoms with E-state index in [1.807, 2.05) is 12.1 Å². The number of benzene rings is 1. The van der Waals surface area contributed by atoms with Crippen LogP contribution >= 0.6 is 0 Å². The van der Waals surface area contributed by atoms with Crippen molar-refractivity contribution >= 4 is 5.91 Å². The second kappa shape index (κ2) is 5.81. The highest BCUT2D eigenvalue weighted by atomic mass is 16.6. The number of rotatable bonds is 5.